The fraction of sp³-hybridized carbons (Fsp3) is 0.409. The number of oxazole rings is 1. The Morgan fingerprint density at radius 1 is 1.26 bits per heavy atom. The number of cyclic esters (lactones) is 2. The maximum absolute atomic E-state index is 12.8. The predicted octanol–water partition coefficient (Wildman–Crippen LogP) is 3.29. The molecule has 1 unspecified atom stereocenters. The molecule has 0 aliphatic carbocycles. The monoisotopic (exact) mass is 427 g/mol. The first-order valence-corrected chi connectivity index (χ1v) is 10.1. The van der Waals surface area contributed by atoms with E-state index in [4.69, 9.17) is 18.6 Å². The lowest BCUT2D eigenvalue weighted by Crippen LogP contribution is -2.45. The summed E-state index contributed by atoms with van der Waals surface area (Å²) in [5.41, 5.74) is 1.21. The van der Waals surface area contributed by atoms with Crippen LogP contribution >= 0.6 is 0 Å². The number of hydrogen-bond donors (Lipinski definition) is 1. The van der Waals surface area contributed by atoms with Crippen molar-refractivity contribution in [2.75, 3.05) is 19.0 Å². The smallest absolute Gasteiger partial charge is 0.352 e. The Morgan fingerprint density at radius 3 is 2.58 bits per heavy atom. The molecule has 0 spiro atoms. The van der Waals surface area contributed by atoms with Crippen molar-refractivity contribution in [3.8, 4) is 17.1 Å². The van der Waals surface area contributed by atoms with Gasteiger partial charge in [0.2, 0.25) is 0 Å². The van der Waals surface area contributed by atoms with Crippen molar-refractivity contribution in [2.24, 2.45) is 0 Å². The highest BCUT2D eigenvalue weighted by Gasteiger charge is 2.43. The summed E-state index contributed by atoms with van der Waals surface area (Å²) in [6, 6.07) is 5.53. The largest absolute Gasteiger partial charge is 0.496 e. The summed E-state index contributed by atoms with van der Waals surface area (Å²) < 4.78 is 21.5. The molecule has 1 aromatic heterocycles. The molecule has 2 aliphatic heterocycles. The van der Waals surface area contributed by atoms with Gasteiger partial charge in [-0.05, 0) is 31.9 Å². The van der Waals surface area contributed by atoms with Gasteiger partial charge >= 0.3 is 11.9 Å². The first kappa shape index (κ1) is 20.8. The minimum atomic E-state index is -1.30. The number of carbonyl (C=O) groups excluding carboxylic acids is 2. The van der Waals surface area contributed by atoms with Crippen molar-refractivity contribution >= 4 is 17.6 Å². The number of likely N-dealkylation sites (tertiary alicyclic amines) is 1. The molecule has 0 saturated carbocycles. The zero-order valence-electron chi connectivity index (χ0n) is 17.9. The van der Waals surface area contributed by atoms with E-state index in [0.717, 1.165) is 18.4 Å². The highest BCUT2D eigenvalue weighted by atomic mass is 16.7. The van der Waals surface area contributed by atoms with E-state index < -0.39 is 17.7 Å². The van der Waals surface area contributed by atoms with Crippen molar-refractivity contribution in [3.05, 3.63) is 42.2 Å². The maximum Gasteiger partial charge on any atom is 0.352 e. The summed E-state index contributed by atoms with van der Waals surface area (Å²) in [7, 11) is 1.55. The van der Waals surface area contributed by atoms with E-state index in [9.17, 15) is 9.59 Å². The van der Waals surface area contributed by atoms with Gasteiger partial charge < -0.3 is 28.8 Å². The molecule has 2 aliphatic rings. The minimum Gasteiger partial charge on any atom is -0.496 e. The lowest BCUT2D eigenvalue weighted by Gasteiger charge is -2.34. The van der Waals surface area contributed by atoms with Crippen molar-refractivity contribution in [1.82, 2.24) is 9.88 Å². The summed E-state index contributed by atoms with van der Waals surface area (Å²) in [5, 5.41) is 3.23. The summed E-state index contributed by atoms with van der Waals surface area (Å²) in [6.45, 7) is 5.80. The lowest BCUT2D eigenvalue weighted by molar-refractivity contribution is -0.222. The van der Waals surface area contributed by atoms with E-state index in [1.807, 2.05) is 24.0 Å². The average molecular weight is 427 g/mol. The molecule has 164 valence electrons. The molecule has 4 rings (SSSR count). The fourth-order valence-corrected chi connectivity index (χ4v) is 3.85. The van der Waals surface area contributed by atoms with Gasteiger partial charge in [0.25, 0.3) is 5.79 Å². The molecule has 3 heterocycles. The van der Waals surface area contributed by atoms with Gasteiger partial charge in [-0.3, -0.25) is 0 Å². The Bertz CT molecular complexity index is 1010. The molecule has 2 fully saturated rings. The highest BCUT2D eigenvalue weighted by molar-refractivity contribution is 6.16. The molecule has 1 N–H and O–H groups in total. The summed E-state index contributed by atoms with van der Waals surface area (Å²) in [5.74, 6) is -1.25. The van der Waals surface area contributed by atoms with Gasteiger partial charge in [0.15, 0.2) is 17.7 Å². The Hall–Kier alpha value is -3.49. The molecule has 0 amide bonds. The van der Waals surface area contributed by atoms with E-state index in [0.29, 0.717) is 29.6 Å². The third-order valence-electron chi connectivity index (χ3n) is 5.32. The fourth-order valence-electron chi connectivity index (χ4n) is 3.85. The van der Waals surface area contributed by atoms with E-state index in [-0.39, 0.29) is 11.6 Å². The van der Waals surface area contributed by atoms with Crippen molar-refractivity contribution in [2.45, 2.75) is 45.4 Å². The number of anilines is 1. The van der Waals surface area contributed by atoms with Crippen LogP contribution in [0.5, 0.6) is 5.75 Å². The quantitative estimate of drug-likeness (QED) is 0.437. The third-order valence-corrected chi connectivity index (χ3v) is 5.32. The predicted molar refractivity (Wildman–Crippen MR) is 111 cm³/mol. The average Bonchev–Trinajstić information content (AvgIpc) is 3.37. The molecule has 2 aromatic rings. The number of aromatic nitrogens is 1. The lowest BCUT2D eigenvalue weighted by atomic mass is 10.1. The maximum atomic E-state index is 12.8. The van der Waals surface area contributed by atoms with Gasteiger partial charge in [-0.2, -0.15) is 0 Å². The number of carbonyl (C=O) groups is 2. The molecular formula is C22H25N3O6. The van der Waals surface area contributed by atoms with E-state index in [1.54, 1.807) is 19.4 Å². The molecule has 0 radical (unpaired) electrons. The second-order valence-electron chi connectivity index (χ2n) is 7.99. The molecule has 31 heavy (non-hydrogen) atoms. The SMILES string of the molecule is COc1cc(NC(=C2C(=O)OC(C)(C)OC2=O)N2CCCC2C)ccc1-c1cnco1. The van der Waals surface area contributed by atoms with Crippen LogP contribution in [0.4, 0.5) is 5.69 Å². The Balaban J connectivity index is 1.74. The van der Waals surface area contributed by atoms with Crippen LogP contribution in [0.25, 0.3) is 11.3 Å². The Labute approximate surface area is 180 Å². The summed E-state index contributed by atoms with van der Waals surface area (Å²) in [6.07, 6.45) is 4.84. The number of benzene rings is 1. The molecule has 0 bridgehead atoms. The van der Waals surface area contributed by atoms with Crippen LogP contribution in [0, 0.1) is 0 Å². The van der Waals surface area contributed by atoms with Crippen molar-refractivity contribution in [1.29, 1.82) is 0 Å². The third kappa shape index (κ3) is 4.08. The van der Waals surface area contributed by atoms with Gasteiger partial charge in [0.1, 0.15) is 11.6 Å². The number of esters is 2. The second-order valence-corrected chi connectivity index (χ2v) is 7.99. The molecular weight excluding hydrogens is 402 g/mol. The zero-order valence-corrected chi connectivity index (χ0v) is 17.9. The number of hydrogen-bond acceptors (Lipinski definition) is 9. The first-order valence-electron chi connectivity index (χ1n) is 10.1. The van der Waals surface area contributed by atoms with Crippen molar-refractivity contribution < 1.29 is 28.2 Å². The van der Waals surface area contributed by atoms with Gasteiger partial charge in [0, 0.05) is 38.2 Å². The topological polar surface area (TPSA) is 103 Å². The summed E-state index contributed by atoms with van der Waals surface area (Å²) in [4.78, 5) is 31.4. The number of nitrogens with one attached hydrogen (secondary N) is 1. The highest BCUT2D eigenvalue weighted by Crippen LogP contribution is 2.35. The van der Waals surface area contributed by atoms with Crippen LogP contribution in [0.3, 0.4) is 0 Å². The molecule has 1 atom stereocenters. The molecule has 9 heteroatoms. The van der Waals surface area contributed by atoms with E-state index in [2.05, 4.69) is 10.3 Å². The van der Waals surface area contributed by atoms with Crippen LogP contribution in [-0.2, 0) is 19.1 Å². The van der Waals surface area contributed by atoms with Crippen LogP contribution in [0.15, 0.2) is 46.6 Å². The Morgan fingerprint density at radius 2 is 2.00 bits per heavy atom. The van der Waals surface area contributed by atoms with Crippen LogP contribution in [-0.4, -0.2) is 47.3 Å². The number of rotatable bonds is 5. The van der Waals surface area contributed by atoms with E-state index >= 15 is 0 Å². The second kappa shape index (κ2) is 7.98. The van der Waals surface area contributed by atoms with Crippen molar-refractivity contribution in [3.63, 3.8) is 0 Å². The number of nitrogens with zero attached hydrogens (tertiary/aromatic N) is 2. The van der Waals surface area contributed by atoms with Crippen LogP contribution in [0.2, 0.25) is 0 Å². The van der Waals surface area contributed by atoms with Gasteiger partial charge in [-0.1, -0.05) is 0 Å². The number of methoxy groups -OCH3 is 1. The molecule has 1 aromatic carbocycles. The van der Waals surface area contributed by atoms with Gasteiger partial charge in [0.05, 0.1) is 18.9 Å². The summed E-state index contributed by atoms with van der Waals surface area (Å²) >= 11 is 0. The minimum absolute atomic E-state index is 0.140. The zero-order chi connectivity index (χ0) is 22.2. The first-order chi connectivity index (χ1) is 14.8. The van der Waals surface area contributed by atoms with Gasteiger partial charge in [-0.25, -0.2) is 14.6 Å². The molecule has 9 nitrogen and oxygen atoms in total. The van der Waals surface area contributed by atoms with Crippen LogP contribution in [0.1, 0.15) is 33.6 Å². The van der Waals surface area contributed by atoms with Gasteiger partial charge in [-0.15, -0.1) is 0 Å². The Kier molecular flexibility index (Phi) is 5.34. The van der Waals surface area contributed by atoms with Crippen LogP contribution < -0.4 is 10.1 Å². The van der Waals surface area contributed by atoms with E-state index in [1.165, 1.54) is 20.2 Å². The number of ether oxygens (including phenoxy) is 3. The molecule has 2 saturated heterocycles. The normalized spacial score (nSPS) is 20.3. The standard InChI is InChI=1S/C22H25N3O6/c1-13-6-5-9-25(13)19(18-20(26)30-22(2,3)31-21(18)27)24-14-7-8-15(16(10-14)28-4)17-11-23-12-29-17/h7-8,10-13,24H,5-6,9H2,1-4H3.